The zero-order valence-electron chi connectivity index (χ0n) is 28.5. The zero-order valence-corrected chi connectivity index (χ0v) is 32.4. The molecule has 2 N–H and O–H groups in total. The molecule has 0 aliphatic rings. The average molecular weight is 882 g/mol. The van der Waals surface area contributed by atoms with Crippen LogP contribution in [-0.4, -0.2) is 46.3 Å². The van der Waals surface area contributed by atoms with E-state index in [4.69, 9.17) is 14.0 Å². The predicted molar refractivity (Wildman–Crippen MR) is 212 cm³/mol. The molecule has 0 radical (unpaired) electrons. The number of esters is 2. The topological polar surface area (TPSA) is 174 Å². The summed E-state index contributed by atoms with van der Waals surface area (Å²) in [5, 5.41) is 19.3. The normalized spacial score (nSPS) is 10.6. The van der Waals surface area contributed by atoms with Gasteiger partial charge in [0.1, 0.15) is 5.75 Å². The Morgan fingerprint density at radius 3 is 2.18 bits per heavy atom. The highest BCUT2D eigenvalue weighted by atomic mass is 79.9. The van der Waals surface area contributed by atoms with Crippen LogP contribution in [0.2, 0.25) is 0 Å². The maximum Gasteiger partial charge on any atom is 0.348 e. The lowest BCUT2D eigenvalue weighted by Crippen LogP contribution is -2.20. The number of nitriles is 1. The van der Waals surface area contributed by atoms with E-state index in [1.807, 2.05) is 48.5 Å². The van der Waals surface area contributed by atoms with Crippen LogP contribution in [-0.2, 0) is 4.74 Å². The molecule has 6 rings (SSSR count). The highest BCUT2D eigenvalue weighted by Crippen LogP contribution is 2.27. The molecule has 0 aliphatic carbocycles. The van der Waals surface area contributed by atoms with Gasteiger partial charge < -0.3 is 24.6 Å². The van der Waals surface area contributed by atoms with Gasteiger partial charge in [-0.1, -0.05) is 67.3 Å². The number of ether oxygens (including phenoxy) is 2. The number of aromatic nitrogens is 2. The van der Waals surface area contributed by atoms with Gasteiger partial charge in [-0.25, -0.2) is 14.6 Å². The molecule has 2 aromatic heterocycles. The third kappa shape index (κ3) is 10.3. The summed E-state index contributed by atoms with van der Waals surface area (Å²) in [6.07, 6.45) is 2.19. The average Bonchev–Trinajstić information content (AvgIpc) is 3.71. The Bertz CT molecular complexity index is 2400. The molecule has 0 spiro atoms. The molecule has 274 valence electrons. The van der Waals surface area contributed by atoms with E-state index in [2.05, 4.69) is 52.6 Å². The zero-order chi connectivity index (χ0) is 38.7. The number of nitrogens with zero attached hydrogens (tertiary/aromatic N) is 3. The first-order valence-corrected chi connectivity index (χ1v) is 19.0. The van der Waals surface area contributed by atoms with Gasteiger partial charge in [-0.05, 0) is 79.2 Å². The second-order valence-electron chi connectivity index (χ2n) is 11.5. The van der Waals surface area contributed by atoms with Gasteiger partial charge in [0.05, 0.1) is 51.3 Å². The van der Waals surface area contributed by atoms with Crippen molar-refractivity contribution in [2.75, 3.05) is 23.0 Å². The number of pyridine rings is 1. The van der Waals surface area contributed by atoms with Crippen LogP contribution in [0.25, 0.3) is 11.3 Å². The Hall–Kier alpha value is -6.08. The summed E-state index contributed by atoms with van der Waals surface area (Å²) < 4.78 is 17.7. The fraction of sp³-hybridized carbons (Fsp3) is 0.0750. The number of halogens is 2. The standard InChI is InChI=1S/C40H27Br2N5O7S/c41-27-9-12-29(13-10-27)52-17-4-18-55-36-16-8-26(23-44-36)37(48)45-32-14-7-24(22-43)19-30(32)39(50)53-40(51)31-20-28(42)11-15-33(31)46-38(49)34-21-35(54-47-34)25-5-2-1-3-6-25/h1-3,5-16,19-21,23H,4,17-18H2,(H,45,48)(H,46,49). The molecule has 0 saturated heterocycles. The minimum Gasteiger partial charge on any atom is -0.494 e. The van der Waals surface area contributed by atoms with Crippen LogP contribution in [0.15, 0.2) is 134 Å². The maximum absolute atomic E-state index is 13.4. The second kappa shape index (κ2) is 18.3. The van der Waals surface area contributed by atoms with E-state index in [0.717, 1.165) is 22.4 Å². The number of rotatable bonds is 13. The predicted octanol–water partition coefficient (Wildman–Crippen LogP) is 9.20. The molecule has 12 nitrogen and oxygen atoms in total. The Kier molecular flexibility index (Phi) is 12.9. The molecule has 6 aromatic rings. The summed E-state index contributed by atoms with van der Waals surface area (Å²) in [4.78, 5) is 57.5. The van der Waals surface area contributed by atoms with Crippen LogP contribution in [0.1, 0.15) is 53.5 Å². The number of anilines is 2. The lowest BCUT2D eigenvalue weighted by Gasteiger charge is -2.13. The number of benzene rings is 4. The van der Waals surface area contributed by atoms with Crippen molar-refractivity contribution in [3.05, 3.63) is 152 Å². The van der Waals surface area contributed by atoms with Gasteiger partial charge in [-0.2, -0.15) is 5.26 Å². The van der Waals surface area contributed by atoms with Crippen LogP contribution >= 0.6 is 43.6 Å². The molecule has 2 heterocycles. The van der Waals surface area contributed by atoms with E-state index < -0.39 is 23.8 Å². The van der Waals surface area contributed by atoms with Gasteiger partial charge >= 0.3 is 11.9 Å². The van der Waals surface area contributed by atoms with Crippen molar-refractivity contribution in [3.63, 3.8) is 0 Å². The van der Waals surface area contributed by atoms with Crippen molar-refractivity contribution in [3.8, 4) is 23.1 Å². The number of carbonyl (C=O) groups excluding carboxylic acids is 4. The molecule has 0 unspecified atom stereocenters. The molecule has 0 atom stereocenters. The molecule has 15 heteroatoms. The monoisotopic (exact) mass is 879 g/mol. The van der Waals surface area contributed by atoms with Crippen molar-refractivity contribution >= 4 is 78.7 Å². The van der Waals surface area contributed by atoms with Crippen molar-refractivity contribution in [1.82, 2.24) is 10.1 Å². The number of carbonyl (C=O) groups is 4. The van der Waals surface area contributed by atoms with E-state index in [-0.39, 0.29) is 39.3 Å². The Labute approximate surface area is 335 Å². The SMILES string of the molecule is N#Cc1ccc(NC(=O)c2ccc(SCCCOc3ccc(Br)cc3)nc2)c(C(=O)OC(=O)c2cc(Br)ccc2NC(=O)c2cc(-c3ccccc3)on2)c1. The molecule has 0 bridgehead atoms. The lowest BCUT2D eigenvalue weighted by molar-refractivity contribution is 0.0399. The minimum absolute atomic E-state index is 0.00551. The fourth-order valence-corrected chi connectivity index (χ4v) is 6.33. The summed E-state index contributed by atoms with van der Waals surface area (Å²) in [5.41, 5.74) is 0.570. The summed E-state index contributed by atoms with van der Waals surface area (Å²) in [7, 11) is 0. The summed E-state index contributed by atoms with van der Waals surface area (Å²) in [6.45, 7) is 0.538. The number of hydrogen-bond acceptors (Lipinski definition) is 11. The van der Waals surface area contributed by atoms with Crippen molar-refractivity contribution < 1.29 is 33.2 Å². The molecular weight excluding hydrogens is 854 g/mol. The Morgan fingerprint density at radius 1 is 0.782 bits per heavy atom. The van der Waals surface area contributed by atoms with E-state index in [1.54, 1.807) is 30.3 Å². The third-order valence-electron chi connectivity index (χ3n) is 7.67. The quantitative estimate of drug-likeness (QED) is 0.0490. The fourth-order valence-electron chi connectivity index (χ4n) is 4.94. The third-order valence-corrected chi connectivity index (χ3v) is 9.72. The largest absolute Gasteiger partial charge is 0.494 e. The number of hydrogen-bond donors (Lipinski definition) is 2. The number of amides is 2. The van der Waals surface area contributed by atoms with Crippen molar-refractivity contribution in [2.45, 2.75) is 11.4 Å². The van der Waals surface area contributed by atoms with Crippen LogP contribution in [0.3, 0.4) is 0 Å². The van der Waals surface area contributed by atoms with Gasteiger partial charge in [0, 0.05) is 32.5 Å². The molecule has 0 saturated carbocycles. The second-order valence-corrected chi connectivity index (χ2v) is 14.4. The first-order valence-electron chi connectivity index (χ1n) is 16.4. The molecule has 0 fully saturated rings. The molecule has 0 aliphatic heterocycles. The highest BCUT2D eigenvalue weighted by Gasteiger charge is 2.24. The molecule has 2 amide bonds. The highest BCUT2D eigenvalue weighted by molar-refractivity contribution is 9.10. The van der Waals surface area contributed by atoms with Gasteiger partial charge in [-0.15, -0.1) is 11.8 Å². The van der Waals surface area contributed by atoms with Crippen molar-refractivity contribution in [1.29, 1.82) is 5.26 Å². The summed E-state index contributed by atoms with van der Waals surface area (Å²) in [5.74, 6) is -1.62. The summed E-state index contributed by atoms with van der Waals surface area (Å²) >= 11 is 8.21. The summed E-state index contributed by atoms with van der Waals surface area (Å²) in [6, 6.07) is 31.7. The van der Waals surface area contributed by atoms with E-state index in [0.29, 0.717) is 27.4 Å². The van der Waals surface area contributed by atoms with Crippen molar-refractivity contribution in [2.24, 2.45) is 0 Å². The van der Waals surface area contributed by atoms with Gasteiger partial charge in [0.25, 0.3) is 11.8 Å². The Balaban J connectivity index is 1.09. The molecular formula is C40H27Br2N5O7S. The number of nitrogens with one attached hydrogen (secondary N) is 2. The molecule has 55 heavy (non-hydrogen) atoms. The van der Waals surface area contributed by atoms with Crippen LogP contribution in [0.5, 0.6) is 5.75 Å². The Morgan fingerprint density at radius 2 is 1.47 bits per heavy atom. The van der Waals surface area contributed by atoms with Gasteiger partial charge in [-0.3, -0.25) is 9.59 Å². The number of thioether (sulfide) groups is 1. The van der Waals surface area contributed by atoms with Crippen LogP contribution in [0, 0.1) is 11.3 Å². The lowest BCUT2D eigenvalue weighted by atomic mass is 10.1. The first kappa shape index (κ1) is 38.6. The van der Waals surface area contributed by atoms with Gasteiger partial charge in [0.15, 0.2) is 11.5 Å². The smallest absolute Gasteiger partial charge is 0.348 e. The van der Waals surface area contributed by atoms with E-state index >= 15 is 0 Å². The maximum atomic E-state index is 13.4. The van der Waals surface area contributed by atoms with E-state index in [9.17, 15) is 24.4 Å². The minimum atomic E-state index is -1.15. The first-order chi connectivity index (χ1) is 26.7. The van der Waals surface area contributed by atoms with Crippen LogP contribution in [0.4, 0.5) is 11.4 Å². The van der Waals surface area contributed by atoms with Crippen LogP contribution < -0.4 is 15.4 Å². The van der Waals surface area contributed by atoms with E-state index in [1.165, 1.54) is 54.4 Å². The molecule has 4 aromatic carbocycles. The van der Waals surface area contributed by atoms with Gasteiger partial charge in [0.2, 0.25) is 0 Å².